The highest BCUT2D eigenvalue weighted by molar-refractivity contribution is 4.49. The Labute approximate surface area is 114 Å². The number of nitrogens with one attached hydrogen (secondary N) is 2. The van der Waals surface area contributed by atoms with Crippen molar-refractivity contribution >= 4 is 0 Å². The molecule has 2 heteroatoms. The summed E-state index contributed by atoms with van der Waals surface area (Å²) in [4.78, 5) is 3.80. The molecule has 106 valence electrons. The van der Waals surface area contributed by atoms with E-state index in [1.807, 2.05) is 9.80 Å². The summed E-state index contributed by atoms with van der Waals surface area (Å²) in [6.07, 6.45) is 14.8. The molecule has 0 aromatic carbocycles. The third kappa shape index (κ3) is 5.71. The lowest BCUT2D eigenvalue weighted by molar-refractivity contribution is -0.906. The van der Waals surface area contributed by atoms with Crippen LogP contribution in [-0.4, -0.2) is 39.3 Å². The number of hydrogen-bond donors (Lipinski definition) is 2. The molecule has 2 aliphatic rings. The Kier molecular flexibility index (Phi) is 7.11. The molecule has 0 unspecified atom stereocenters. The minimum absolute atomic E-state index is 1.45. The van der Waals surface area contributed by atoms with Gasteiger partial charge >= 0.3 is 0 Å². The summed E-state index contributed by atoms with van der Waals surface area (Å²) in [5, 5.41) is 0. The Morgan fingerprint density at radius 3 is 1.11 bits per heavy atom. The van der Waals surface area contributed by atoms with E-state index in [4.69, 9.17) is 0 Å². The topological polar surface area (TPSA) is 8.88 Å². The standard InChI is InChI=1S/C16H32N2/c1-2-6-12-17(11-5-1)15-9-10-16-18-13-7-3-4-8-14-18/h1-16H2/p+2. The van der Waals surface area contributed by atoms with Crippen LogP contribution in [0.3, 0.4) is 0 Å². The first-order valence-corrected chi connectivity index (χ1v) is 8.62. The molecular weight excluding hydrogens is 220 g/mol. The maximum Gasteiger partial charge on any atom is 0.0773 e. The lowest BCUT2D eigenvalue weighted by Gasteiger charge is -2.19. The largest absolute Gasteiger partial charge is 0.335 e. The van der Waals surface area contributed by atoms with Gasteiger partial charge in [-0.1, -0.05) is 0 Å². The van der Waals surface area contributed by atoms with Gasteiger partial charge in [-0.2, -0.15) is 0 Å². The molecule has 0 radical (unpaired) electrons. The zero-order valence-electron chi connectivity index (χ0n) is 12.3. The predicted molar refractivity (Wildman–Crippen MR) is 77.3 cm³/mol. The van der Waals surface area contributed by atoms with Crippen molar-refractivity contribution in [1.29, 1.82) is 0 Å². The van der Waals surface area contributed by atoms with E-state index >= 15 is 0 Å². The molecule has 18 heavy (non-hydrogen) atoms. The molecule has 0 amide bonds. The first-order valence-electron chi connectivity index (χ1n) is 8.62. The normalized spacial score (nSPS) is 24.7. The Balaban J connectivity index is 1.51. The minimum atomic E-state index is 1.45. The Morgan fingerprint density at radius 1 is 0.444 bits per heavy atom. The molecule has 0 spiro atoms. The van der Waals surface area contributed by atoms with E-state index in [9.17, 15) is 0 Å². The van der Waals surface area contributed by atoms with Gasteiger partial charge in [0.05, 0.1) is 39.3 Å². The summed E-state index contributed by atoms with van der Waals surface area (Å²) in [5.74, 6) is 0. The molecule has 2 aliphatic heterocycles. The van der Waals surface area contributed by atoms with E-state index in [0.717, 1.165) is 0 Å². The van der Waals surface area contributed by atoms with Crippen molar-refractivity contribution in [3.8, 4) is 0 Å². The highest BCUT2D eigenvalue weighted by Crippen LogP contribution is 2.00. The first kappa shape index (κ1) is 14.3. The first-order chi connectivity index (χ1) is 8.95. The summed E-state index contributed by atoms with van der Waals surface area (Å²) in [5.41, 5.74) is 0. The van der Waals surface area contributed by atoms with Crippen LogP contribution in [0.25, 0.3) is 0 Å². The van der Waals surface area contributed by atoms with E-state index in [0.29, 0.717) is 0 Å². The van der Waals surface area contributed by atoms with Crippen LogP contribution in [0.5, 0.6) is 0 Å². The number of rotatable bonds is 5. The van der Waals surface area contributed by atoms with Crippen LogP contribution in [0.15, 0.2) is 0 Å². The molecule has 2 saturated heterocycles. The van der Waals surface area contributed by atoms with Gasteiger partial charge in [0.1, 0.15) is 0 Å². The maximum absolute atomic E-state index is 1.90. The van der Waals surface area contributed by atoms with Crippen LogP contribution in [0.2, 0.25) is 0 Å². The van der Waals surface area contributed by atoms with Crippen LogP contribution >= 0.6 is 0 Å². The van der Waals surface area contributed by atoms with Crippen LogP contribution in [0.4, 0.5) is 0 Å². The smallest absolute Gasteiger partial charge is 0.0773 e. The SMILES string of the molecule is C1CCC[NH+](CCCC[NH+]2CCCCCC2)CC1. The number of likely N-dealkylation sites (tertiary alicyclic amines) is 2. The molecule has 0 atom stereocenters. The summed E-state index contributed by atoms with van der Waals surface area (Å²) in [7, 11) is 0. The predicted octanol–water partition coefficient (Wildman–Crippen LogP) is 0.684. The average Bonchev–Trinajstić information content (AvgIpc) is 2.79. The van der Waals surface area contributed by atoms with Gasteiger partial charge in [-0.3, -0.25) is 0 Å². The van der Waals surface area contributed by atoms with E-state index < -0.39 is 0 Å². The molecule has 2 nitrogen and oxygen atoms in total. The van der Waals surface area contributed by atoms with E-state index in [1.165, 1.54) is 103 Å². The van der Waals surface area contributed by atoms with Gasteiger partial charge in [-0.25, -0.2) is 0 Å². The molecule has 0 aromatic heterocycles. The van der Waals surface area contributed by atoms with Crippen molar-refractivity contribution in [3.05, 3.63) is 0 Å². The van der Waals surface area contributed by atoms with Crippen LogP contribution in [-0.2, 0) is 0 Å². The third-order valence-electron chi connectivity index (χ3n) is 4.93. The summed E-state index contributed by atoms with van der Waals surface area (Å²) >= 11 is 0. The maximum atomic E-state index is 1.90. The van der Waals surface area contributed by atoms with Gasteiger partial charge in [-0.15, -0.1) is 0 Å². The Morgan fingerprint density at radius 2 is 0.778 bits per heavy atom. The van der Waals surface area contributed by atoms with Crippen LogP contribution < -0.4 is 9.80 Å². The second kappa shape index (κ2) is 8.92. The van der Waals surface area contributed by atoms with E-state index in [2.05, 4.69) is 0 Å². The molecular formula is C16H34N2+2. The van der Waals surface area contributed by atoms with Crippen molar-refractivity contribution in [2.75, 3.05) is 39.3 Å². The molecule has 2 rings (SSSR count). The monoisotopic (exact) mass is 254 g/mol. The van der Waals surface area contributed by atoms with Crippen molar-refractivity contribution < 1.29 is 9.80 Å². The Bertz CT molecular complexity index is 167. The van der Waals surface area contributed by atoms with Gasteiger partial charge in [0.25, 0.3) is 0 Å². The molecule has 2 fully saturated rings. The number of hydrogen-bond acceptors (Lipinski definition) is 0. The van der Waals surface area contributed by atoms with Crippen LogP contribution in [0, 0.1) is 0 Å². The molecule has 0 aliphatic carbocycles. The highest BCUT2D eigenvalue weighted by atomic mass is 15.1. The zero-order chi connectivity index (χ0) is 12.5. The molecule has 2 N–H and O–H groups in total. The van der Waals surface area contributed by atoms with Gasteiger partial charge < -0.3 is 9.80 Å². The van der Waals surface area contributed by atoms with E-state index in [1.54, 1.807) is 0 Å². The molecule has 2 heterocycles. The summed E-state index contributed by atoms with van der Waals surface area (Å²) in [6, 6.07) is 0. The fraction of sp³-hybridized carbons (Fsp3) is 1.00. The minimum Gasteiger partial charge on any atom is -0.335 e. The van der Waals surface area contributed by atoms with E-state index in [-0.39, 0.29) is 0 Å². The molecule has 0 saturated carbocycles. The lowest BCUT2D eigenvalue weighted by Crippen LogP contribution is -3.12. The fourth-order valence-electron chi connectivity index (χ4n) is 3.71. The van der Waals surface area contributed by atoms with Crippen molar-refractivity contribution in [2.45, 2.75) is 64.2 Å². The summed E-state index contributed by atoms with van der Waals surface area (Å²) < 4.78 is 0. The number of unbranched alkanes of at least 4 members (excludes halogenated alkanes) is 1. The second-order valence-corrected chi connectivity index (χ2v) is 6.54. The quantitative estimate of drug-likeness (QED) is 0.668. The highest BCUT2D eigenvalue weighted by Gasteiger charge is 2.14. The van der Waals surface area contributed by atoms with Gasteiger partial charge in [0.15, 0.2) is 0 Å². The third-order valence-corrected chi connectivity index (χ3v) is 4.93. The van der Waals surface area contributed by atoms with Gasteiger partial charge in [0.2, 0.25) is 0 Å². The summed E-state index contributed by atoms with van der Waals surface area (Å²) in [6.45, 7) is 8.72. The molecule has 0 bridgehead atoms. The second-order valence-electron chi connectivity index (χ2n) is 6.54. The van der Waals surface area contributed by atoms with Gasteiger partial charge in [0, 0.05) is 12.8 Å². The van der Waals surface area contributed by atoms with Crippen molar-refractivity contribution in [1.82, 2.24) is 0 Å². The Hall–Kier alpha value is -0.0800. The number of quaternary nitrogens is 2. The molecule has 0 aromatic rings. The average molecular weight is 254 g/mol. The zero-order valence-corrected chi connectivity index (χ0v) is 12.3. The lowest BCUT2D eigenvalue weighted by atomic mass is 10.2. The fourth-order valence-corrected chi connectivity index (χ4v) is 3.71. The van der Waals surface area contributed by atoms with Crippen molar-refractivity contribution in [2.24, 2.45) is 0 Å². The van der Waals surface area contributed by atoms with Crippen molar-refractivity contribution in [3.63, 3.8) is 0 Å². The van der Waals surface area contributed by atoms with Gasteiger partial charge in [-0.05, 0) is 51.4 Å². The van der Waals surface area contributed by atoms with Crippen LogP contribution in [0.1, 0.15) is 64.2 Å².